The van der Waals surface area contributed by atoms with Crippen LogP contribution in [0.1, 0.15) is 32.1 Å². The van der Waals surface area contributed by atoms with Gasteiger partial charge in [0.15, 0.2) is 0 Å². The maximum atomic E-state index is 13.2. The highest BCUT2D eigenvalue weighted by Crippen LogP contribution is 2.36. The maximum absolute atomic E-state index is 13.2. The quantitative estimate of drug-likeness (QED) is 0.867. The van der Waals surface area contributed by atoms with Crippen LogP contribution in [0.15, 0.2) is 18.2 Å². The molecule has 0 bridgehead atoms. The van der Waals surface area contributed by atoms with Crippen molar-refractivity contribution in [1.82, 2.24) is 5.32 Å². The van der Waals surface area contributed by atoms with E-state index in [9.17, 15) is 14.0 Å². The minimum absolute atomic E-state index is 0.119. The van der Waals surface area contributed by atoms with E-state index in [0.29, 0.717) is 18.5 Å². The Morgan fingerprint density at radius 2 is 1.95 bits per heavy atom. The monoisotopic (exact) mass is 310 g/mol. The predicted molar refractivity (Wildman–Crippen MR) is 77.7 cm³/mol. The van der Waals surface area contributed by atoms with Gasteiger partial charge in [0.2, 0.25) is 5.91 Å². The molecular formula is C15H16ClFN2O2. The largest absolute Gasteiger partial charge is 0.342 e. The van der Waals surface area contributed by atoms with Crippen LogP contribution in [0.5, 0.6) is 0 Å². The number of halogens is 2. The number of nitrogens with one attached hydrogen (secondary N) is 1. The Kier molecular flexibility index (Phi) is 3.61. The summed E-state index contributed by atoms with van der Waals surface area (Å²) < 4.78 is 13.2. The minimum atomic E-state index is -0.814. The normalized spacial score (nSPS) is 21.5. The highest BCUT2D eigenvalue weighted by atomic mass is 35.5. The number of carbonyl (C=O) groups is 2. The van der Waals surface area contributed by atoms with E-state index in [1.165, 1.54) is 23.1 Å². The Labute approximate surface area is 127 Å². The molecule has 0 unspecified atom stereocenters. The highest BCUT2D eigenvalue weighted by Gasteiger charge is 2.47. The molecule has 1 heterocycles. The maximum Gasteiger partial charge on any atom is 0.252 e. The van der Waals surface area contributed by atoms with E-state index < -0.39 is 11.4 Å². The average molecular weight is 311 g/mol. The molecule has 2 fully saturated rings. The van der Waals surface area contributed by atoms with Crippen molar-refractivity contribution in [2.75, 3.05) is 11.4 Å². The molecule has 1 saturated heterocycles. The van der Waals surface area contributed by atoms with Crippen LogP contribution in [-0.2, 0) is 9.59 Å². The van der Waals surface area contributed by atoms with Crippen LogP contribution in [0, 0.1) is 5.82 Å². The Bertz CT molecular complexity index is 599. The number of anilines is 1. The average Bonchev–Trinajstić information content (AvgIpc) is 2.85. The van der Waals surface area contributed by atoms with Crippen molar-refractivity contribution in [3.63, 3.8) is 0 Å². The molecule has 21 heavy (non-hydrogen) atoms. The van der Waals surface area contributed by atoms with E-state index in [1.54, 1.807) is 0 Å². The van der Waals surface area contributed by atoms with Crippen LogP contribution in [0.3, 0.4) is 0 Å². The standard InChI is InChI=1S/C15H16ClFN2O2/c16-11-9-10(17)3-4-12(11)19-8-5-13(20)18-15(14(19)21)6-1-2-7-15/h3-4,9H,1-2,5-8H2,(H,18,20). The third-order valence-corrected chi connectivity index (χ3v) is 4.56. The fourth-order valence-corrected chi connectivity index (χ4v) is 3.47. The van der Waals surface area contributed by atoms with Crippen LogP contribution >= 0.6 is 11.6 Å². The van der Waals surface area contributed by atoms with E-state index in [1.807, 2.05) is 0 Å². The summed E-state index contributed by atoms with van der Waals surface area (Å²) in [6, 6.07) is 3.95. The molecule has 112 valence electrons. The molecular weight excluding hydrogens is 295 g/mol. The van der Waals surface area contributed by atoms with Crippen LogP contribution in [0.2, 0.25) is 5.02 Å². The lowest BCUT2D eigenvalue weighted by Gasteiger charge is -2.32. The summed E-state index contributed by atoms with van der Waals surface area (Å²) in [6.07, 6.45) is 3.34. The molecule has 1 spiro atoms. The van der Waals surface area contributed by atoms with Gasteiger partial charge in [-0.25, -0.2) is 4.39 Å². The lowest BCUT2D eigenvalue weighted by Crippen LogP contribution is -2.55. The molecule has 4 nitrogen and oxygen atoms in total. The molecule has 1 aliphatic carbocycles. The molecule has 1 aromatic carbocycles. The van der Waals surface area contributed by atoms with Crippen molar-refractivity contribution in [2.24, 2.45) is 0 Å². The Morgan fingerprint density at radius 1 is 1.24 bits per heavy atom. The Hall–Kier alpha value is -1.62. The number of rotatable bonds is 1. The first-order valence-electron chi connectivity index (χ1n) is 7.10. The molecule has 0 aromatic heterocycles. The molecule has 0 atom stereocenters. The van der Waals surface area contributed by atoms with Crippen LogP contribution in [-0.4, -0.2) is 23.9 Å². The lowest BCUT2D eigenvalue weighted by molar-refractivity contribution is -0.129. The third kappa shape index (κ3) is 2.50. The number of benzene rings is 1. The van der Waals surface area contributed by atoms with Crippen molar-refractivity contribution in [3.8, 4) is 0 Å². The number of hydrogen-bond donors (Lipinski definition) is 1. The van der Waals surface area contributed by atoms with Gasteiger partial charge in [-0.3, -0.25) is 9.59 Å². The third-order valence-electron chi connectivity index (χ3n) is 4.25. The van der Waals surface area contributed by atoms with Gasteiger partial charge in [-0.1, -0.05) is 24.4 Å². The van der Waals surface area contributed by atoms with E-state index in [2.05, 4.69) is 5.32 Å². The van der Waals surface area contributed by atoms with Crippen LogP contribution in [0.25, 0.3) is 0 Å². The number of hydrogen-bond acceptors (Lipinski definition) is 2. The van der Waals surface area contributed by atoms with Crippen molar-refractivity contribution in [1.29, 1.82) is 0 Å². The van der Waals surface area contributed by atoms with Gasteiger partial charge in [-0.2, -0.15) is 0 Å². The summed E-state index contributed by atoms with van der Waals surface area (Å²) in [5.74, 6) is -0.707. The molecule has 1 aromatic rings. The molecule has 2 aliphatic rings. The second-order valence-electron chi connectivity index (χ2n) is 5.64. The van der Waals surface area contributed by atoms with E-state index in [4.69, 9.17) is 11.6 Å². The van der Waals surface area contributed by atoms with Gasteiger partial charge in [-0.15, -0.1) is 0 Å². The van der Waals surface area contributed by atoms with Crippen molar-refractivity contribution in [2.45, 2.75) is 37.6 Å². The molecule has 0 radical (unpaired) electrons. The second-order valence-corrected chi connectivity index (χ2v) is 6.05. The molecule has 6 heteroatoms. The van der Waals surface area contributed by atoms with Gasteiger partial charge < -0.3 is 10.2 Å². The van der Waals surface area contributed by atoms with Crippen LogP contribution in [0.4, 0.5) is 10.1 Å². The zero-order valence-electron chi connectivity index (χ0n) is 11.5. The summed E-state index contributed by atoms with van der Waals surface area (Å²) in [6.45, 7) is 0.262. The van der Waals surface area contributed by atoms with Gasteiger partial charge in [0.05, 0.1) is 10.7 Å². The SMILES string of the molecule is O=C1CCN(c2ccc(F)cc2Cl)C(=O)C2(CCCC2)N1. The first-order chi connectivity index (χ1) is 10.0. The summed E-state index contributed by atoms with van der Waals surface area (Å²) in [7, 11) is 0. The Balaban J connectivity index is 2.00. The van der Waals surface area contributed by atoms with Gasteiger partial charge in [0.25, 0.3) is 5.91 Å². The van der Waals surface area contributed by atoms with Crippen molar-refractivity contribution in [3.05, 3.63) is 29.0 Å². The summed E-state index contributed by atoms with van der Waals surface area (Å²) in [4.78, 5) is 26.4. The van der Waals surface area contributed by atoms with Crippen molar-refractivity contribution < 1.29 is 14.0 Å². The second kappa shape index (κ2) is 5.30. The smallest absolute Gasteiger partial charge is 0.252 e. The summed E-state index contributed by atoms with van der Waals surface area (Å²) in [5, 5.41) is 3.07. The number of nitrogens with zero attached hydrogens (tertiary/aromatic N) is 1. The predicted octanol–water partition coefficient (Wildman–Crippen LogP) is 2.64. The molecule has 1 aliphatic heterocycles. The highest BCUT2D eigenvalue weighted by molar-refractivity contribution is 6.34. The lowest BCUT2D eigenvalue weighted by atomic mass is 9.95. The summed E-state index contributed by atoms with van der Waals surface area (Å²) >= 11 is 6.07. The zero-order chi connectivity index (χ0) is 15.0. The summed E-state index contributed by atoms with van der Waals surface area (Å²) in [5.41, 5.74) is -0.350. The fraction of sp³-hybridized carbons (Fsp3) is 0.467. The molecule has 3 rings (SSSR count). The minimum Gasteiger partial charge on any atom is -0.342 e. The van der Waals surface area contributed by atoms with Gasteiger partial charge in [0.1, 0.15) is 11.4 Å². The van der Waals surface area contributed by atoms with E-state index in [-0.39, 0.29) is 29.8 Å². The number of carbonyl (C=O) groups excluding carboxylic acids is 2. The first kappa shape index (κ1) is 14.3. The van der Waals surface area contributed by atoms with E-state index >= 15 is 0 Å². The van der Waals surface area contributed by atoms with Gasteiger partial charge in [-0.05, 0) is 31.0 Å². The molecule has 2 amide bonds. The Morgan fingerprint density at radius 3 is 2.62 bits per heavy atom. The van der Waals surface area contributed by atoms with Gasteiger partial charge >= 0.3 is 0 Å². The first-order valence-corrected chi connectivity index (χ1v) is 7.48. The van der Waals surface area contributed by atoms with Gasteiger partial charge in [0, 0.05) is 13.0 Å². The van der Waals surface area contributed by atoms with Crippen molar-refractivity contribution >= 4 is 29.1 Å². The topological polar surface area (TPSA) is 49.4 Å². The van der Waals surface area contributed by atoms with Crippen LogP contribution < -0.4 is 10.2 Å². The fourth-order valence-electron chi connectivity index (χ4n) is 3.20. The zero-order valence-corrected chi connectivity index (χ0v) is 12.3. The van der Waals surface area contributed by atoms with E-state index in [0.717, 1.165) is 12.8 Å². The molecule has 1 saturated carbocycles. The number of amides is 2. The molecule has 1 N–H and O–H groups in total.